The fraction of sp³-hybridized carbons (Fsp3) is 0.333. The molecule has 32 heavy (non-hydrogen) atoms. The molecule has 162 valence electrons. The molecule has 0 saturated carbocycles. The number of rotatable bonds is 4. The van der Waals surface area contributed by atoms with Gasteiger partial charge >= 0.3 is 0 Å². The Morgan fingerprint density at radius 2 is 2.16 bits per heavy atom. The first-order valence-corrected chi connectivity index (χ1v) is 12.0. The number of nitrogens with two attached hydrogens (primary N) is 1. The Bertz CT molecular complexity index is 1240. The molecule has 2 aromatic rings. The lowest BCUT2D eigenvalue weighted by Crippen LogP contribution is -2.42. The zero-order chi connectivity index (χ0) is 23.0. The number of aryl methyl sites for hydroxylation is 1. The number of hydrogen-bond donors (Lipinski definition) is 1. The number of Topliss-reactive ketones (excluding diaryl/α,β-unsaturated/α-hetero) is 1. The normalized spacial score (nSPS) is 20.1. The highest BCUT2D eigenvalue weighted by Gasteiger charge is 2.45. The average molecular weight is 462 g/mol. The second kappa shape index (κ2) is 8.46. The molecule has 4 rings (SSSR count). The van der Waals surface area contributed by atoms with Gasteiger partial charge in [-0.3, -0.25) is 9.69 Å². The van der Waals surface area contributed by atoms with Crippen molar-refractivity contribution in [2.75, 3.05) is 10.7 Å². The van der Waals surface area contributed by atoms with Gasteiger partial charge in [-0.25, -0.2) is 0 Å². The van der Waals surface area contributed by atoms with E-state index in [4.69, 9.17) is 12.2 Å². The second-order valence-electron chi connectivity index (χ2n) is 8.74. The number of nitrogens with zero attached hydrogens (tertiary/aromatic N) is 4. The highest BCUT2D eigenvalue weighted by molar-refractivity contribution is 8.01. The first-order valence-electron chi connectivity index (χ1n) is 10.2. The summed E-state index contributed by atoms with van der Waals surface area (Å²) in [7, 11) is 0. The number of benzene rings is 1. The van der Waals surface area contributed by atoms with Crippen LogP contribution in [0, 0.1) is 36.0 Å². The van der Waals surface area contributed by atoms with E-state index in [1.54, 1.807) is 4.90 Å². The van der Waals surface area contributed by atoms with Gasteiger partial charge in [0.2, 0.25) is 5.13 Å². The minimum Gasteiger partial charge on any atom is -0.384 e. The highest BCUT2D eigenvalue weighted by atomic mass is 32.2. The van der Waals surface area contributed by atoms with Crippen molar-refractivity contribution in [1.82, 2.24) is 10.2 Å². The molecule has 2 N–H and O–H groups in total. The first kappa shape index (κ1) is 22.1. The molecular formula is C24H23N5OS2. The van der Waals surface area contributed by atoms with E-state index < -0.39 is 5.92 Å². The fourth-order valence-corrected chi connectivity index (χ4v) is 5.93. The predicted octanol–water partition coefficient (Wildman–Crippen LogP) is 4.51. The molecule has 1 aliphatic carbocycles. The smallest absolute Gasteiger partial charge is 0.219 e. The number of terminal acetylenes is 1. The molecule has 1 atom stereocenters. The maximum Gasteiger partial charge on any atom is 0.219 e. The van der Waals surface area contributed by atoms with Crippen LogP contribution in [0.1, 0.15) is 43.7 Å². The van der Waals surface area contributed by atoms with E-state index in [1.165, 1.54) is 23.1 Å². The van der Waals surface area contributed by atoms with Crippen LogP contribution < -0.4 is 10.6 Å². The van der Waals surface area contributed by atoms with Gasteiger partial charge in [0.1, 0.15) is 5.82 Å². The van der Waals surface area contributed by atoms with Crippen molar-refractivity contribution < 1.29 is 4.79 Å². The Morgan fingerprint density at radius 3 is 2.84 bits per heavy atom. The van der Waals surface area contributed by atoms with Crippen molar-refractivity contribution in [3.8, 4) is 18.4 Å². The summed E-state index contributed by atoms with van der Waals surface area (Å²) in [5.41, 5.74) is 10.1. The van der Waals surface area contributed by atoms with Gasteiger partial charge in [0.15, 0.2) is 10.1 Å². The zero-order valence-electron chi connectivity index (χ0n) is 18.2. The van der Waals surface area contributed by atoms with Gasteiger partial charge in [-0.1, -0.05) is 72.7 Å². The lowest BCUT2D eigenvalue weighted by molar-refractivity contribution is -0.118. The van der Waals surface area contributed by atoms with Crippen LogP contribution in [0.5, 0.6) is 0 Å². The lowest BCUT2D eigenvalue weighted by atomic mass is 9.68. The van der Waals surface area contributed by atoms with Crippen LogP contribution >= 0.6 is 23.1 Å². The molecule has 0 amide bonds. The summed E-state index contributed by atoms with van der Waals surface area (Å²) in [5, 5.41) is 19.2. The molecule has 0 fully saturated rings. The van der Waals surface area contributed by atoms with E-state index in [-0.39, 0.29) is 11.2 Å². The summed E-state index contributed by atoms with van der Waals surface area (Å²) in [6.45, 7) is 6.14. The molecule has 1 aromatic carbocycles. The third-order valence-electron chi connectivity index (χ3n) is 5.62. The van der Waals surface area contributed by atoms with Crippen LogP contribution in [-0.4, -0.2) is 21.7 Å². The van der Waals surface area contributed by atoms with Crippen LogP contribution in [0.15, 0.2) is 51.3 Å². The second-order valence-corrected chi connectivity index (χ2v) is 10.9. The van der Waals surface area contributed by atoms with Crippen LogP contribution in [0.3, 0.4) is 0 Å². The number of aromatic nitrogens is 2. The van der Waals surface area contributed by atoms with Gasteiger partial charge in [0.05, 0.1) is 23.3 Å². The molecule has 0 saturated heterocycles. The van der Waals surface area contributed by atoms with E-state index in [0.717, 1.165) is 16.8 Å². The summed E-state index contributed by atoms with van der Waals surface area (Å²) in [6.07, 6.45) is 6.42. The average Bonchev–Trinajstić information content (AvgIpc) is 3.18. The topological polar surface area (TPSA) is 95.9 Å². The number of hydrogen-bond acceptors (Lipinski definition) is 8. The fourth-order valence-electron chi connectivity index (χ4n) is 4.36. The van der Waals surface area contributed by atoms with E-state index in [0.29, 0.717) is 45.0 Å². The number of carbonyl (C=O) groups is 1. The standard InChI is InChI=1S/C24H23N5OS2/c1-5-9-31-23-28-27-22(32-23)29-17-11-24(3,4)12-18(30)20(17)19(16(13-25)21(29)26)15-8-6-7-14(2)10-15/h1,6-8,10,19H,9,11-12,26H2,2-4H3. The summed E-state index contributed by atoms with van der Waals surface area (Å²) in [4.78, 5) is 15.2. The SMILES string of the molecule is C#CCSc1nnc(N2C(N)=C(C#N)C(c3cccc(C)c3)C3=C2CC(C)(C)CC3=O)s1. The monoisotopic (exact) mass is 461 g/mol. The summed E-state index contributed by atoms with van der Waals surface area (Å²) in [5.74, 6) is 2.91. The van der Waals surface area contributed by atoms with Crippen molar-refractivity contribution in [1.29, 1.82) is 5.26 Å². The Labute approximate surface area is 196 Å². The van der Waals surface area contributed by atoms with Crippen molar-refractivity contribution in [2.45, 2.75) is 43.9 Å². The zero-order valence-corrected chi connectivity index (χ0v) is 19.8. The number of anilines is 1. The number of allylic oxidation sites excluding steroid dienone is 3. The number of nitriles is 1. The summed E-state index contributed by atoms with van der Waals surface area (Å²) < 4.78 is 0.716. The Balaban J connectivity index is 1.93. The van der Waals surface area contributed by atoms with Crippen LogP contribution in [-0.2, 0) is 4.79 Å². The number of thioether (sulfide) groups is 1. The molecule has 2 heterocycles. The summed E-state index contributed by atoms with van der Waals surface area (Å²) >= 11 is 2.77. The molecule has 0 radical (unpaired) electrons. The van der Waals surface area contributed by atoms with Crippen molar-refractivity contribution >= 4 is 34.0 Å². The van der Waals surface area contributed by atoms with Gasteiger partial charge in [0, 0.05) is 17.7 Å². The van der Waals surface area contributed by atoms with Gasteiger partial charge < -0.3 is 5.73 Å². The van der Waals surface area contributed by atoms with Gasteiger partial charge in [-0.05, 0) is 24.3 Å². The Kier molecular flexibility index (Phi) is 5.85. The first-order chi connectivity index (χ1) is 15.3. The van der Waals surface area contributed by atoms with Gasteiger partial charge in [-0.15, -0.1) is 16.6 Å². The molecule has 6 nitrogen and oxygen atoms in total. The molecule has 0 spiro atoms. The minimum atomic E-state index is -0.488. The molecule has 1 aromatic heterocycles. The molecular weight excluding hydrogens is 438 g/mol. The highest BCUT2D eigenvalue weighted by Crippen LogP contribution is 2.50. The Morgan fingerprint density at radius 1 is 1.38 bits per heavy atom. The van der Waals surface area contributed by atoms with E-state index in [1.807, 2.05) is 31.2 Å². The van der Waals surface area contributed by atoms with Gasteiger partial charge in [-0.2, -0.15) is 5.26 Å². The van der Waals surface area contributed by atoms with Crippen molar-refractivity contribution in [3.63, 3.8) is 0 Å². The minimum absolute atomic E-state index is 0.0412. The van der Waals surface area contributed by atoms with Crippen LogP contribution in [0.2, 0.25) is 0 Å². The van der Waals surface area contributed by atoms with E-state index in [9.17, 15) is 10.1 Å². The molecule has 1 unspecified atom stereocenters. The quantitative estimate of drug-likeness (QED) is 0.528. The molecule has 0 bridgehead atoms. The molecule has 1 aliphatic heterocycles. The molecule has 8 heteroatoms. The maximum absolute atomic E-state index is 13.5. The molecule has 2 aliphatic rings. The number of carbonyl (C=O) groups excluding carboxylic acids is 1. The van der Waals surface area contributed by atoms with Crippen molar-refractivity contribution in [3.05, 3.63) is 58.1 Å². The largest absolute Gasteiger partial charge is 0.384 e. The summed E-state index contributed by atoms with van der Waals surface area (Å²) in [6, 6.07) is 10.2. The van der Waals surface area contributed by atoms with E-state index >= 15 is 0 Å². The lowest BCUT2D eigenvalue weighted by Gasteiger charge is -2.42. The van der Waals surface area contributed by atoms with E-state index in [2.05, 4.69) is 36.0 Å². The van der Waals surface area contributed by atoms with Crippen LogP contribution in [0.4, 0.5) is 5.13 Å². The predicted molar refractivity (Wildman–Crippen MR) is 128 cm³/mol. The van der Waals surface area contributed by atoms with Crippen molar-refractivity contribution in [2.24, 2.45) is 11.1 Å². The third-order valence-corrected chi connectivity index (χ3v) is 7.57. The maximum atomic E-state index is 13.5. The van der Waals surface area contributed by atoms with Gasteiger partial charge in [0.25, 0.3) is 0 Å². The third kappa shape index (κ3) is 3.92. The van der Waals surface area contributed by atoms with Crippen LogP contribution in [0.25, 0.3) is 0 Å². The Hall–Kier alpha value is -3.07. The number of ketones is 1.